The molecule has 8 heteroatoms. The van der Waals surface area contributed by atoms with Crippen LogP contribution in [0.1, 0.15) is 0 Å². The third-order valence-electron chi connectivity index (χ3n) is 4.66. The van der Waals surface area contributed by atoms with Crippen molar-refractivity contribution in [2.75, 3.05) is 7.11 Å². The van der Waals surface area contributed by atoms with Gasteiger partial charge in [-0.2, -0.15) is 0 Å². The molecule has 0 bridgehead atoms. The molecule has 4 rings (SSSR count). The zero-order valence-corrected chi connectivity index (χ0v) is 21.0. The minimum Gasteiger partial charge on any atom is -0.302 e. The Kier molecular flexibility index (Phi) is 6.38. The first-order valence-corrected chi connectivity index (χ1v) is 12.8. The number of halogens is 2. The van der Waals surface area contributed by atoms with Gasteiger partial charge in [0.05, 0.1) is 16.9 Å². The number of hydrogen-bond donors (Lipinski definition) is 1. The van der Waals surface area contributed by atoms with Gasteiger partial charge in [0, 0.05) is 18.3 Å². The molecular weight excluding hydrogens is 634 g/mol. The van der Waals surface area contributed by atoms with Gasteiger partial charge in [-0.15, -0.1) is 0 Å². The van der Waals surface area contributed by atoms with Crippen LogP contribution in [0.3, 0.4) is 0 Å². The predicted octanol–water partition coefficient (Wildman–Crippen LogP) is 6.12. The quantitative estimate of drug-likeness (QED) is 0.214. The summed E-state index contributed by atoms with van der Waals surface area (Å²) in [6.45, 7) is 0. The maximum Gasteiger partial charge on any atom is 0.190 e. The standard InChI is InChI=1S/C21H14I2O4S2/c1-27-29(26)21-17(23)11-13-7-3-5-9-15(13)19(21)18-14-8-4-2-6-12(14)10-16(22)20(18)28(24)25/h2-11H,1H3,(H,24,25). The molecule has 0 heterocycles. The lowest BCUT2D eigenvalue weighted by atomic mass is 9.94. The maximum absolute atomic E-state index is 12.9. The predicted molar refractivity (Wildman–Crippen MR) is 135 cm³/mol. The van der Waals surface area contributed by atoms with Crippen LogP contribution in [0.15, 0.2) is 70.5 Å². The Morgan fingerprint density at radius 1 is 0.793 bits per heavy atom. The van der Waals surface area contributed by atoms with Crippen LogP contribution in [0.4, 0.5) is 0 Å². The lowest BCUT2D eigenvalue weighted by Gasteiger charge is -2.19. The van der Waals surface area contributed by atoms with Gasteiger partial charge in [-0.05, 0) is 78.9 Å². The topological polar surface area (TPSA) is 63.6 Å². The number of rotatable bonds is 4. The van der Waals surface area contributed by atoms with E-state index < -0.39 is 22.2 Å². The van der Waals surface area contributed by atoms with Gasteiger partial charge in [0.15, 0.2) is 22.2 Å². The summed E-state index contributed by atoms with van der Waals surface area (Å²) >= 11 is 0.270. The van der Waals surface area contributed by atoms with Gasteiger partial charge >= 0.3 is 0 Å². The molecule has 0 saturated heterocycles. The summed E-state index contributed by atoms with van der Waals surface area (Å²) in [5, 5.41) is 3.58. The van der Waals surface area contributed by atoms with Gasteiger partial charge in [-0.3, -0.25) is 4.18 Å². The zero-order valence-electron chi connectivity index (χ0n) is 15.0. The fourth-order valence-electron chi connectivity index (χ4n) is 3.50. The molecule has 4 aromatic rings. The summed E-state index contributed by atoms with van der Waals surface area (Å²) in [7, 11) is 1.39. The van der Waals surface area contributed by atoms with Crippen molar-refractivity contribution in [2.45, 2.75) is 9.79 Å². The first-order chi connectivity index (χ1) is 13.9. The first kappa shape index (κ1) is 21.3. The van der Waals surface area contributed by atoms with Crippen molar-refractivity contribution >= 4 is 88.9 Å². The summed E-state index contributed by atoms with van der Waals surface area (Å²) in [5.74, 6) is 0. The molecule has 1 N–H and O–H groups in total. The van der Waals surface area contributed by atoms with Crippen molar-refractivity contribution in [3.63, 3.8) is 0 Å². The zero-order chi connectivity index (χ0) is 20.7. The van der Waals surface area contributed by atoms with Crippen LogP contribution >= 0.6 is 45.2 Å². The van der Waals surface area contributed by atoms with E-state index >= 15 is 0 Å². The van der Waals surface area contributed by atoms with Crippen molar-refractivity contribution in [3.8, 4) is 11.1 Å². The van der Waals surface area contributed by atoms with Gasteiger partial charge in [0.2, 0.25) is 0 Å². The molecule has 148 valence electrons. The van der Waals surface area contributed by atoms with E-state index in [1.54, 1.807) is 0 Å². The van der Waals surface area contributed by atoms with Gasteiger partial charge in [0.1, 0.15) is 0 Å². The molecule has 0 amide bonds. The van der Waals surface area contributed by atoms with E-state index in [0.29, 0.717) is 24.5 Å². The van der Waals surface area contributed by atoms with Gasteiger partial charge in [-0.1, -0.05) is 48.5 Å². The minimum atomic E-state index is -2.23. The molecule has 0 aliphatic rings. The van der Waals surface area contributed by atoms with Gasteiger partial charge in [0.25, 0.3) is 0 Å². The number of fused-ring (bicyclic) bond motifs is 2. The highest BCUT2D eigenvalue weighted by atomic mass is 127. The molecule has 2 atom stereocenters. The van der Waals surface area contributed by atoms with E-state index in [-0.39, 0.29) is 0 Å². The van der Waals surface area contributed by atoms with Crippen molar-refractivity contribution < 1.29 is 17.2 Å². The van der Waals surface area contributed by atoms with Crippen molar-refractivity contribution in [2.24, 2.45) is 0 Å². The molecule has 4 nitrogen and oxygen atoms in total. The Labute approximate surface area is 200 Å². The first-order valence-electron chi connectivity index (χ1n) is 8.44. The maximum atomic E-state index is 12.9. The smallest absolute Gasteiger partial charge is 0.190 e. The van der Waals surface area contributed by atoms with Crippen LogP contribution in [0.5, 0.6) is 0 Å². The average Bonchev–Trinajstić information content (AvgIpc) is 2.71. The third kappa shape index (κ3) is 3.79. The van der Waals surface area contributed by atoms with Crippen LogP contribution in [-0.4, -0.2) is 20.1 Å². The van der Waals surface area contributed by atoms with Crippen LogP contribution in [-0.2, 0) is 26.3 Å². The molecule has 0 saturated carbocycles. The highest BCUT2D eigenvalue weighted by molar-refractivity contribution is 14.1. The summed E-state index contributed by atoms with van der Waals surface area (Å²) in [5.41, 5.74) is 1.28. The second-order valence-corrected chi connectivity index (χ2v) is 10.7. The summed E-state index contributed by atoms with van der Waals surface area (Å²) < 4.78 is 42.2. The molecule has 2 unspecified atom stereocenters. The molecule has 29 heavy (non-hydrogen) atoms. The molecule has 0 aliphatic heterocycles. The summed E-state index contributed by atoms with van der Waals surface area (Å²) in [4.78, 5) is 0.816. The highest BCUT2D eigenvalue weighted by Gasteiger charge is 2.26. The van der Waals surface area contributed by atoms with Crippen molar-refractivity contribution in [1.82, 2.24) is 0 Å². The Balaban J connectivity index is 2.33. The van der Waals surface area contributed by atoms with Crippen molar-refractivity contribution in [3.05, 3.63) is 67.8 Å². The second kappa shape index (κ2) is 8.67. The highest BCUT2D eigenvalue weighted by Crippen LogP contribution is 2.44. The molecule has 4 aromatic carbocycles. The Morgan fingerprint density at radius 2 is 1.24 bits per heavy atom. The molecule has 0 fully saturated rings. The van der Waals surface area contributed by atoms with Crippen LogP contribution in [0.2, 0.25) is 0 Å². The molecular formula is C21H14I2O4S2. The fraction of sp³-hybridized carbons (Fsp3) is 0.0476. The lowest BCUT2D eigenvalue weighted by molar-refractivity contribution is 0.445. The van der Waals surface area contributed by atoms with Crippen molar-refractivity contribution in [1.29, 1.82) is 0 Å². The van der Waals surface area contributed by atoms with E-state index in [1.807, 2.05) is 60.7 Å². The molecule has 0 aromatic heterocycles. The molecule has 0 radical (unpaired) electrons. The number of benzene rings is 4. The van der Waals surface area contributed by atoms with E-state index in [0.717, 1.165) is 25.1 Å². The minimum absolute atomic E-state index is 0.311. The van der Waals surface area contributed by atoms with Gasteiger partial charge < -0.3 is 4.55 Å². The second-order valence-electron chi connectivity index (χ2n) is 6.22. The molecule has 0 aliphatic carbocycles. The third-order valence-corrected chi connectivity index (χ3v) is 8.92. The summed E-state index contributed by atoms with van der Waals surface area (Å²) in [6, 6.07) is 19.3. The average molecular weight is 648 g/mol. The van der Waals surface area contributed by atoms with E-state index in [1.165, 1.54) is 7.11 Å². The fourth-order valence-corrected chi connectivity index (χ4v) is 7.19. The normalized spacial score (nSPS) is 13.7. The Morgan fingerprint density at radius 3 is 1.72 bits per heavy atom. The lowest BCUT2D eigenvalue weighted by Crippen LogP contribution is -2.05. The van der Waals surface area contributed by atoms with Crippen LogP contribution in [0.25, 0.3) is 32.7 Å². The van der Waals surface area contributed by atoms with Crippen LogP contribution in [0, 0.1) is 7.14 Å². The van der Waals surface area contributed by atoms with Gasteiger partial charge in [-0.25, -0.2) is 8.42 Å². The summed E-state index contributed by atoms with van der Waals surface area (Å²) in [6.07, 6.45) is 0. The van der Waals surface area contributed by atoms with Crippen LogP contribution < -0.4 is 0 Å². The Bertz CT molecular complexity index is 1320. The monoisotopic (exact) mass is 648 g/mol. The molecule has 0 spiro atoms. The SMILES string of the molecule is COS(=O)c1c(I)cc2ccccc2c1-c1c(S(=O)O)c(I)cc2ccccc12. The number of hydrogen-bond acceptors (Lipinski definition) is 3. The van der Waals surface area contributed by atoms with E-state index in [2.05, 4.69) is 45.2 Å². The van der Waals surface area contributed by atoms with E-state index in [9.17, 15) is 13.0 Å². The largest absolute Gasteiger partial charge is 0.302 e. The van der Waals surface area contributed by atoms with E-state index in [4.69, 9.17) is 4.18 Å². The Hall–Kier alpha value is -0.920.